The van der Waals surface area contributed by atoms with E-state index in [9.17, 15) is 19.7 Å². The van der Waals surface area contributed by atoms with Crippen molar-refractivity contribution in [3.63, 3.8) is 0 Å². The van der Waals surface area contributed by atoms with E-state index in [4.69, 9.17) is 4.74 Å². The van der Waals surface area contributed by atoms with Crippen molar-refractivity contribution < 1.29 is 19.2 Å². The van der Waals surface area contributed by atoms with Crippen molar-refractivity contribution in [3.05, 3.63) is 70.0 Å². The lowest BCUT2D eigenvalue weighted by Crippen LogP contribution is -2.36. The van der Waals surface area contributed by atoms with Gasteiger partial charge in [0.2, 0.25) is 0 Å². The largest absolute Gasteiger partial charge is 0.378 e. The van der Waals surface area contributed by atoms with E-state index < -0.39 is 16.7 Å². The Kier molecular flexibility index (Phi) is 4.94. The van der Waals surface area contributed by atoms with E-state index in [2.05, 4.69) is 16.3 Å². The van der Waals surface area contributed by atoms with Crippen molar-refractivity contribution in [1.82, 2.24) is 14.5 Å². The molecule has 0 atom stereocenters. The van der Waals surface area contributed by atoms with Gasteiger partial charge in [0.15, 0.2) is 0 Å². The Balaban J connectivity index is 1.54. The monoisotopic (exact) mass is 485 g/mol. The molecule has 0 unspecified atom stereocenters. The SMILES string of the molecule is Cn1cc(C2=C(c3cn(C)c4cc([N+](=O)[O-])ccc34)C(=O)NC2=O)c2ccc(N3CCOCC3)cc21. The number of benzene rings is 2. The summed E-state index contributed by atoms with van der Waals surface area (Å²) in [5.74, 6) is -0.943. The number of fused-ring (bicyclic) bond motifs is 2. The lowest BCUT2D eigenvalue weighted by molar-refractivity contribution is -0.384. The van der Waals surface area contributed by atoms with Crippen LogP contribution in [0.3, 0.4) is 0 Å². The average molecular weight is 486 g/mol. The van der Waals surface area contributed by atoms with Crippen LogP contribution in [0.4, 0.5) is 11.4 Å². The Hall–Kier alpha value is -4.44. The molecule has 0 radical (unpaired) electrons. The summed E-state index contributed by atoms with van der Waals surface area (Å²) in [6.07, 6.45) is 3.61. The fraction of sp³-hybridized carbons (Fsp3) is 0.231. The average Bonchev–Trinajstić information content (AvgIpc) is 3.48. The number of morpholine rings is 1. The van der Waals surface area contributed by atoms with E-state index in [0.29, 0.717) is 40.8 Å². The van der Waals surface area contributed by atoms with Crippen molar-refractivity contribution in [2.45, 2.75) is 0 Å². The fourth-order valence-corrected chi connectivity index (χ4v) is 5.24. The second kappa shape index (κ2) is 8.06. The summed E-state index contributed by atoms with van der Waals surface area (Å²) in [7, 11) is 3.68. The van der Waals surface area contributed by atoms with Gasteiger partial charge in [-0.3, -0.25) is 25.0 Å². The first kappa shape index (κ1) is 22.1. The number of aromatic nitrogens is 2. The van der Waals surface area contributed by atoms with Gasteiger partial charge in [0, 0.05) is 79.3 Å². The molecule has 2 amide bonds. The first-order chi connectivity index (χ1) is 17.3. The number of aryl methyl sites for hydroxylation is 2. The third-order valence-electron chi connectivity index (χ3n) is 7.01. The van der Waals surface area contributed by atoms with Gasteiger partial charge < -0.3 is 18.8 Å². The second-order valence-corrected chi connectivity index (χ2v) is 9.10. The molecule has 182 valence electrons. The van der Waals surface area contributed by atoms with Gasteiger partial charge in [-0.25, -0.2) is 0 Å². The molecule has 4 aromatic rings. The molecule has 1 saturated heterocycles. The maximum atomic E-state index is 13.1. The molecule has 0 bridgehead atoms. The molecule has 2 aliphatic heterocycles. The van der Waals surface area contributed by atoms with Crippen LogP contribution in [0, 0.1) is 10.1 Å². The van der Waals surface area contributed by atoms with E-state index in [1.54, 1.807) is 23.9 Å². The molecule has 2 aromatic heterocycles. The minimum Gasteiger partial charge on any atom is -0.378 e. The van der Waals surface area contributed by atoms with Gasteiger partial charge in [-0.2, -0.15) is 0 Å². The van der Waals surface area contributed by atoms with Crippen LogP contribution in [0.2, 0.25) is 0 Å². The number of carbonyl (C=O) groups is 2. The number of nitro benzene ring substituents is 1. The number of hydrogen-bond acceptors (Lipinski definition) is 6. The van der Waals surface area contributed by atoms with Crippen LogP contribution < -0.4 is 10.2 Å². The standard InChI is InChI=1S/C26H23N5O5/c1-28-13-19(17-5-3-15(11-21(17)28)30-7-9-36-10-8-30)23-24(26(33)27-25(23)32)20-14-29(2)22-12-16(31(34)35)4-6-18(20)22/h3-6,11-14H,7-10H2,1-2H3,(H,27,32,33). The highest BCUT2D eigenvalue weighted by Crippen LogP contribution is 2.40. The molecule has 36 heavy (non-hydrogen) atoms. The number of non-ortho nitro benzene ring substituents is 1. The van der Waals surface area contributed by atoms with Crippen molar-refractivity contribution in [1.29, 1.82) is 0 Å². The maximum Gasteiger partial charge on any atom is 0.271 e. The Labute approximate surface area is 205 Å². The van der Waals surface area contributed by atoms with Gasteiger partial charge in [-0.15, -0.1) is 0 Å². The fourth-order valence-electron chi connectivity index (χ4n) is 5.24. The Morgan fingerprint density at radius 3 is 2.00 bits per heavy atom. The first-order valence-electron chi connectivity index (χ1n) is 11.6. The number of carbonyl (C=O) groups excluding carboxylic acids is 2. The van der Waals surface area contributed by atoms with Crippen LogP contribution in [-0.4, -0.2) is 52.2 Å². The predicted octanol–water partition coefficient (Wildman–Crippen LogP) is 2.98. The Bertz CT molecular complexity index is 1640. The zero-order valence-corrected chi connectivity index (χ0v) is 19.8. The minimum atomic E-state index is -0.484. The van der Waals surface area contributed by atoms with E-state index in [1.165, 1.54) is 12.1 Å². The van der Waals surface area contributed by atoms with Gasteiger partial charge in [0.1, 0.15) is 0 Å². The highest BCUT2D eigenvalue weighted by Gasteiger charge is 2.35. The van der Waals surface area contributed by atoms with Crippen LogP contribution in [-0.2, 0) is 28.4 Å². The third-order valence-corrected chi connectivity index (χ3v) is 7.01. The van der Waals surface area contributed by atoms with E-state index in [0.717, 1.165) is 29.7 Å². The zero-order valence-electron chi connectivity index (χ0n) is 19.8. The van der Waals surface area contributed by atoms with Crippen molar-refractivity contribution in [2.75, 3.05) is 31.2 Å². The van der Waals surface area contributed by atoms with Crippen LogP contribution in [0.1, 0.15) is 11.1 Å². The molecular formula is C26H23N5O5. The number of ether oxygens (including phenoxy) is 1. The smallest absolute Gasteiger partial charge is 0.271 e. The first-order valence-corrected chi connectivity index (χ1v) is 11.6. The van der Waals surface area contributed by atoms with Crippen LogP contribution in [0.5, 0.6) is 0 Å². The maximum absolute atomic E-state index is 13.1. The molecule has 10 heteroatoms. The topological polar surface area (TPSA) is 112 Å². The van der Waals surface area contributed by atoms with Gasteiger partial charge in [-0.1, -0.05) is 6.07 Å². The van der Waals surface area contributed by atoms with Gasteiger partial charge in [-0.05, 0) is 18.2 Å². The molecule has 6 rings (SSSR count). The van der Waals surface area contributed by atoms with Gasteiger partial charge >= 0.3 is 0 Å². The highest BCUT2D eigenvalue weighted by atomic mass is 16.6. The number of hydrogen-bond donors (Lipinski definition) is 1. The van der Waals surface area contributed by atoms with Crippen molar-refractivity contribution in [2.24, 2.45) is 14.1 Å². The summed E-state index contributed by atoms with van der Waals surface area (Å²) >= 11 is 0. The van der Waals surface area contributed by atoms with E-state index in [1.807, 2.05) is 29.9 Å². The molecule has 0 aliphatic carbocycles. The summed E-state index contributed by atoms with van der Waals surface area (Å²) in [4.78, 5) is 39.3. The van der Waals surface area contributed by atoms with Crippen LogP contribution in [0.25, 0.3) is 33.0 Å². The normalized spacial score (nSPS) is 16.4. The number of imide groups is 1. The molecule has 0 spiro atoms. The summed E-state index contributed by atoms with van der Waals surface area (Å²) in [6, 6.07) is 10.6. The number of nitro groups is 1. The molecule has 1 N–H and O–H groups in total. The summed E-state index contributed by atoms with van der Waals surface area (Å²) in [5, 5.41) is 15.2. The van der Waals surface area contributed by atoms with Gasteiger partial charge in [0.05, 0.1) is 40.3 Å². The highest BCUT2D eigenvalue weighted by molar-refractivity contribution is 6.50. The molecule has 4 heterocycles. The Morgan fingerprint density at radius 1 is 0.861 bits per heavy atom. The number of anilines is 1. The molecule has 2 aromatic carbocycles. The molecule has 2 aliphatic rings. The number of amides is 2. The van der Waals surface area contributed by atoms with Crippen LogP contribution >= 0.6 is 0 Å². The van der Waals surface area contributed by atoms with Crippen LogP contribution in [0.15, 0.2) is 48.8 Å². The lowest BCUT2D eigenvalue weighted by atomic mass is 9.95. The zero-order chi connectivity index (χ0) is 25.1. The van der Waals surface area contributed by atoms with E-state index >= 15 is 0 Å². The van der Waals surface area contributed by atoms with Gasteiger partial charge in [0.25, 0.3) is 17.5 Å². The van der Waals surface area contributed by atoms with E-state index in [-0.39, 0.29) is 11.3 Å². The molecule has 1 fully saturated rings. The summed E-state index contributed by atoms with van der Waals surface area (Å²) in [5.41, 5.74) is 4.38. The number of nitrogens with one attached hydrogen (secondary N) is 1. The quantitative estimate of drug-likeness (QED) is 0.270. The second-order valence-electron chi connectivity index (χ2n) is 9.10. The summed E-state index contributed by atoms with van der Waals surface area (Å²) < 4.78 is 9.16. The molecule has 10 nitrogen and oxygen atoms in total. The number of rotatable bonds is 4. The molecule has 0 saturated carbocycles. The summed E-state index contributed by atoms with van der Waals surface area (Å²) in [6.45, 7) is 2.99. The third kappa shape index (κ3) is 3.29. The van der Waals surface area contributed by atoms with Crippen molar-refractivity contribution in [3.8, 4) is 0 Å². The Morgan fingerprint density at radius 2 is 1.42 bits per heavy atom. The number of nitrogens with zero attached hydrogens (tertiary/aromatic N) is 4. The minimum absolute atomic E-state index is 0.0403. The lowest BCUT2D eigenvalue weighted by Gasteiger charge is -2.29. The van der Waals surface area contributed by atoms with Crippen molar-refractivity contribution >= 4 is 56.1 Å². The predicted molar refractivity (Wildman–Crippen MR) is 135 cm³/mol. The molecular weight excluding hydrogens is 462 g/mol.